The Morgan fingerprint density at radius 2 is 1.45 bits per heavy atom. The molecule has 0 unspecified atom stereocenters. The summed E-state index contributed by atoms with van der Waals surface area (Å²) in [6.45, 7) is 9.78. The molecule has 0 amide bonds. The lowest BCUT2D eigenvalue weighted by Gasteiger charge is -2.14. The van der Waals surface area contributed by atoms with Crippen molar-refractivity contribution in [2.75, 3.05) is 0 Å². The lowest BCUT2D eigenvalue weighted by atomic mass is 10.0. The van der Waals surface area contributed by atoms with E-state index >= 15 is 0 Å². The predicted molar refractivity (Wildman–Crippen MR) is 108 cm³/mol. The summed E-state index contributed by atoms with van der Waals surface area (Å²) < 4.78 is 55.2. The Morgan fingerprint density at radius 3 is 2.00 bits per heavy atom. The number of alkyl halides is 3. The fourth-order valence-corrected chi connectivity index (χ4v) is 2.23. The van der Waals surface area contributed by atoms with Gasteiger partial charge < -0.3 is 14.2 Å². The first-order valence-corrected chi connectivity index (χ1v) is 8.86. The van der Waals surface area contributed by atoms with Crippen LogP contribution in [0.25, 0.3) is 11.1 Å². The van der Waals surface area contributed by atoms with E-state index in [2.05, 4.69) is 17.9 Å². The second kappa shape index (κ2) is 9.80. The monoisotopic (exact) mass is 432 g/mol. The highest BCUT2D eigenvalue weighted by atomic mass is 19.4. The van der Waals surface area contributed by atoms with Crippen LogP contribution in [0.4, 0.5) is 13.2 Å². The zero-order chi connectivity index (χ0) is 23.2. The lowest BCUT2D eigenvalue weighted by Crippen LogP contribution is -2.08. The molecule has 0 aliphatic heterocycles. The first-order valence-electron chi connectivity index (χ1n) is 8.86. The fourth-order valence-electron chi connectivity index (χ4n) is 2.23. The largest absolute Gasteiger partial charge is 0.461 e. The third-order valence-corrected chi connectivity index (χ3v) is 3.81. The maximum absolute atomic E-state index is 13.5. The van der Waals surface area contributed by atoms with Gasteiger partial charge in [-0.15, -0.1) is 0 Å². The molecule has 2 rings (SSSR count). The van der Waals surface area contributed by atoms with E-state index in [4.69, 9.17) is 9.47 Å². The number of hydrogen-bond donors (Lipinski definition) is 0. The molecule has 0 bridgehead atoms. The predicted octanol–water partition coefficient (Wildman–Crippen LogP) is 5.82. The molecule has 0 N–H and O–H groups in total. The van der Waals surface area contributed by atoms with E-state index in [-0.39, 0.29) is 22.5 Å². The highest BCUT2D eigenvalue weighted by Crippen LogP contribution is 2.39. The first kappa shape index (κ1) is 23.5. The van der Waals surface area contributed by atoms with Crippen molar-refractivity contribution >= 4 is 11.9 Å². The average molecular weight is 432 g/mol. The van der Waals surface area contributed by atoms with E-state index in [1.54, 1.807) is 0 Å². The number of carbonyl (C=O) groups excluding carboxylic acids is 2. The van der Waals surface area contributed by atoms with Crippen LogP contribution in [0.3, 0.4) is 0 Å². The molecular weight excluding hydrogens is 413 g/mol. The van der Waals surface area contributed by atoms with Crippen molar-refractivity contribution in [3.05, 3.63) is 84.9 Å². The van der Waals surface area contributed by atoms with Crippen molar-refractivity contribution < 1.29 is 37.0 Å². The molecule has 0 aliphatic rings. The maximum atomic E-state index is 13.5. The summed E-state index contributed by atoms with van der Waals surface area (Å²) >= 11 is 0. The topological polar surface area (TPSA) is 61.8 Å². The van der Waals surface area contributed by atoms with Crippen LogP contribution >= 0.6 is 0 Å². The van der Waals surface area contributed by atoms with Crippen molar-refractivity contribution in [3.8, 4) is 22.6 Å². The van der Waals surface area contributed by atoms with Crippen molar-refractivity contribution in [3.63, 3.8) is 0 Å². The summed E-state index contributed by atoms with van der Waals surface area (Å²) in [5.74, 6) is -1.56. The zero-order valence-corrected chi connectivity index (χ0v) is 16.8. The van der Waals surface area contributed by atoms with E-state index < -0.39 is 29.4 Å². The van der Waals surface area contributed by atoms with Gasteiger partial charge in [0.1, 0.15) is 24.0 Å². The molecule has 0 radical (unpaired) electrons. The SMILES string of the molecule is C=C(C)C(=O)O/C=C\Oc1ccc(-c2ccc(OC(=O)C(=C)C)cc2)cc1C(F)(F)F. The Bertz CT molecular complexity index is 1030. The van der Waals surface area contributed by atoms with Crippen LogP contribution in [0, 0.1) is 0 Å². The molecule has 0 fully saturated rings. The second-order valence-electron chi connectivity index (χ2n) is 6.48. The van der Waals surface area contributed by atoms with Gasteiger partial charge in [0, 0.05) is 11.1 Å². The molecular formula is C23H19F3O5. The van der Waals surface area contributed by atoms with Crippen molar-refractivity contribution in [2.24, 2.45) is 0 Å². The molecule has 162 valence electrons. The van der Waals surface area contributed by atoms with E-state index in [9.17, 15) is 22.8 Å². The Balaban J connectivity index is 2.24. The van der Waals surface area contributed by atoms with Crippen molar-refractivity contribution in [1.29, 1.82) is 0 Å². The lowest BCUT2D eigenvalue weighted by molar-refractivity contribution is -0.139. The molecule has 0 saturated heterocycles. The van der Waals surface area contributed by atoms with Crippen LogP contribution in [0.1, 0.15) is 19.4 Å². The van der Waals surface area contributed by atoms with Crippen LogP contribution in [-0.4, -0.2) is 11.9 Å². The van der Waals surface area contributed by atoms with Crippen LogP contribution in [-0.2, 0) is 20.5 Å². The van der Waals surface area contributed by atoms with Gasteiger partial charge in [-0.2, -0.15) is 13.2 Å². The summed E-state index contributed by atoms with van der Waals surface area (Å²) in [5, 5.41) is 0. The number of esters is 2. The van der Waals surface area contributed by atoms with Gasteiger partial charge in [0.15, 0.2) is 0 Å². The summed E-state index contributed by atoms with van der Waals surface area (Å²) in [5.41, 5.74) is 0.0789. The summed E-state index contributed by atoms with van der Waals surface area (Å²) in [7, 11) is 0. The number of rotatable bonds is 7. The molecule has 5 nitrogen and oxygen atoms in total. The summed E-state index contributed by atoms with van der Waals surface area (Å²) in [4.78, 5) is 22.8. The van der Waals surface area contributed by atoms with Crippen molar-refractivity contribution in [2.45, 2.75) is 20.0 Å². The Morgan fingerprint density at radius 1 is 0.871 bits per heavy atom. The van der Waals surface area contributed by atoms with Gasteiger partial charge in [-0.05, 0) is 49.2 Å². The van der Waals surface area contributed by atoms with Gasteiger partial charge >= 0.3 is 18.1 Å². The number of hydrogen-bond acceptors (Lipinski definition) is 5. The average Bonchev–Trinajstić information content (AvgIpc) is 2.70. The van der Waals surface area contributed by atoms with E-state index in [1.807, 2.05) is 0 Å². The molecule has 0 atom stereocenters. The Hall–Kier alpha value is -3.81. The number of halogens is 3. The zero-order valence-electron chi connectivity index (χ0n) is 16.8. The standard InChI is InChI=1S/C23H19F3O5/c1-14(2)21(27)30-12-11-29-20-10-7-17(13-19(20)23(24,25)26)16-5-8-18(9-6-16)31-22(28)15(3)4/h5-13H,1,3H2,2,4H3/b12-11-. The van der Waals surface area contributed by atoms with E-state index in [0.29, 0.717) is 5.56 Å². The number of carbonyl (C=O) groups is 2. The molecule has 8 heteroatoms. The smallest absolute Gasteiger partial charge is 0.420 e. The van der Waals surface area contributed by atoms with Gasteiger partial charge in [0.25, 0.3) is 0 Å². The van der Waals surface area contributed by atoms with Crippen LogP contribution in [0.5, 0.6) is 11.5 Å². The van der Waals surface area contributed by atoms with Gasteiger partial charge in [-0.25, -0.2) is 9.59 Å². The summed E-state index contributed by atoms with van der Waals surface area (Å²) in [6.07, 6.45) is -3.03. The van der Waals surface area contributed by atoms with Crippen LogP contribution < -0.4 is 9.47 Å². The third kappa shape index (κ3) is 6.60. The molecule has 0 saturated carbocycles. The maximum Gasteiger partial charge on any atom is 0.420 e. The highest BCUT2D eigenvalue weighted by molar-refractivity contribution is 5.89. The molecule has 2 aromatic rings. The fraction of sp³-hybridized carbons (Fsp3) is 0.130. The minimum Gasteiger partial charge on any atom is -0.461 e. The quantitative estimate of drug-likeness (QED) is 0.239. The Kier molecular flexibility index (Phi) is 7.42. The van der Waals surface area contributed by atoms with Gasteiger partial charge in [0.05, 0.1) is 5.56 Å². The van der Waals surface area contributed by atoms with Crippen LogP contribution in [0.2, 0.25) is 0 Å². The van der Waals surface area contributed by atoms with Gasteiger partial charge in [-0.3, -0.25) is 0 Å². The number of ether oxygens (including phenoxy) is 3. The normalized spacial score (nSPS) is 11.1. The minimum atomic E-state index is -4.69. The number of benzene rings is 2. The second-order valence-corrected chi connectivity index (χ2v) is 6.48. The van der Waals surface area contributed by atoms with E-state index in [1.165, 1.54) is 44.2 Å². The molecule has 0 aromatic heterocycles. The van der Waals surface area contributed by atoms with Crippen molar-refractivity contribution in [1.82, 2.24) is 0 Å². The molecule has 0 heterocycles. The van der Waals surface area contributed by atoms with Crippen LogP contribution in [0.15, 0.2) is 79.3 Å². The minimum absolute atomic E-state index is 0.130. The molecule has 0 spiro atoms. The van der Waals surface area contributed by atoms with Gasteiger partial charge in [0.2, 0.25) is 0 Å². The molecule has 31 heavy (non-hydrogen) atoms. The summed E-state index contributed by atoms with van der Waals surface area (Å²) in [6, 6.07) is 9.49. The van der Waals surface area contributed by atoms with E-state index in [0.717, 1.165) is 24.7 Å². The Labute approximate surface area is 177 Å². The first-order chi connectivity index (χ1) is 14.5. The van der Waals surface area contributed by atoms with Gasteiger partial charge in [-0.1, -0.05) is 31.4 Å². The highest BCUT2D eigenvalue weighted by Gasteiger charge is 2.34. The molecule has 0 aliphatic carbocycles. The third-order valence-electron chi connectivity index (χ3n) is 3.81. The molecule has 2 aromatic carbocycles.